The topological polar surface area (TPSA) is 0 Å². The molecule has 0 unspecified atom stereocenters. The first kappa shape index (κ1) is 64.4. The van der Waals surface area contributed by atoms with Crippen molar-refractivity contribution in [3.8, 4) is 0 Å². The first-order chi connectivity index (χ1) is 28.2. The van der Waals surface area contributed by atoms with Gasteiger partial charge in [0.05, 0.1) is 0 Å². The number of thioether (sulfide) groups is 1. The third kappa shape index (κ3) is 8.33. The van der Waals surface area contributed by atoms with Gasteiger partial charge in [0.2, 0.25) is 0 Å². The summed E-state index contributed by atoms with van der Waals surface area (Å²) in [6.45, 7) is 0. The summed E-state index contributed by atoms with van der Waals surface area (Å²) in [5.74, 6) is -169. The Labute approximate surface area is 340 Å². The van der Waals surface area contributed by atoms with E-state index in [1.54, 1.807) is 0 Å². The van der Waals surface area contributed by atoms with E-state index in [-0.39, 0.29) is 0 Å². The molecule has 0 N–H and O–H groups in total. The molecule has 0 atom stereocenters. The van der Waals surface area contributed by atoms with E-state index >= 15 is 0 Å². The molecular weight excluding hydrogens is 1120 g/mol. The van der Waals surface area contributed by atoms with Gasteiger partial charge in [-0.05, 0) is 11.5 Å². The SMILES string of the molecule is FC(F)(F)C(F)(F)C(F)(F)C(F)(F)C(F)(F)C(F)(F)C(F)(F)C(F)(F)C(F)(F)C(F)(F)CCSCCC(F)(F)C(F)(F)C(F)(F)C(F)(F)C(F)(F)C(F)(F)C(F)(F)C(F)(F)C(F)(F)C(F)(F)F. The number of hydrogen-bond donors (Lipinski definition) is 0. The van der Waals surface area contributed by atoms with Crippen molar-refractivity contribution < 1.29 is 184 Å². The molecule has 0 nitrogen and oxygen atoms in total. The van der Waals surface area contributed by atoms with E-state index in [9.17, 15) is 184 Å². The van der Waals surface area contributed by atoms with Crippen LogP contribution in [0.3, 0.4) is 0 Å². The summed E-state index contributed by atoms with van der Waals surface area (Å²) in [6.07, 6.45) is -24.1. The van der Waals surface area contributed by atoms with Crippen LogP contribution < -0.4 is 0 Å². The van der Waals surface area contributed by atoms with Crippen LogP contribution in [0.2, 0.25) is 0 Å². The summed E-state index contributed by atoms with van der Waals surface area (Å²) in [6, 6.07) is 0. The van der Waals surface area contributed by atoms with Gasteiger partial charge in [-0.1, -0.05) is 0 Å². The number of alkyl halides is 42. The zero-order chi connectivity index (χ0) is 55.5. The molecule has 0 aromatic carbocycles. The van der Waals surface area contributed by atoms with E-state index in [0.717, 1.165) is 0 Å². The molecule has 43 heteroatoms. The summed E-state index contributed by atoms with van der Waals surface area (Å²) in [5, 5.41) is 0. The lowest BCUT2D eigenvalue weighted by molar-refractivity contribution is -0.474. The molecule has 0 bridgehead atoms. The zero-order valence-corrected chi connectivity index (χ0v) is 29.9. The minimum atomic E-state index is -9.64. The highest BCUT2D eigenvalue weighted by molar-refractivity contribution is 7.99. The van der Waals surface area contributed by atoms with Crippen LogP contribution >= 0.6 is 11.8 Å². The van der Waals surface area contributed by atoms with Gasteiger partial charge in [0, 0.05) is 12.8 Å². The summed E-state index contributed by atoms with van der Waals surface area (Å²) >= 11 is -1.50. The van der Waals surface area contributed by atoms with Crippen LogP contribution in [0.4, 0.5) is 184 Å². The lowest BCUT2D eigenvalue weighted by atomic mass is 9.86. The Morgan fingerprint density at radius 1 is 0.164 bits per heavy atom. The Morgan fingerprint density at radius 2 is 0.284 bits per heavy atom. The van der Waals surface area contributed by atoms with Crippen molar-refractivity contribution in [2.24, 2.45) is 0 Å². The second-order valence-electron chi connectivity index (χ2n) is 12.7. The molecule has 0 aliphatic heterocycles. The predicted molar refractivity (Wildman–Crippen MR) is 128 cm³/mol. The molecule has 0 amide bonds. The van der Waals surface area contributed by atoms with E-state index in [0.29, 0.717) is 0 Å². The lowest BCUT2D eigenvalue weighted by Gasteiger charge is -2.44. The Bertz CT molecular complexity index is 1600. The van der Waals surface area contributed by atoms with Gasteiger partial charge in [0.1, 0.15) is 0 Å². The fourth-order valence-corrected chi connectivity index (χ4v) is 5.00. The van der Waals surface area contributed by atoms with Crippen molar-refractivity contribution in [2.75, 3.05) is 11.5 Å². The van der Waals surface area contributed by atoms with Gasteiger partial charge in [-0.15, -0.1) is 0 Å². The molecule has 0 aliphatic rings. The van der Waals surface area contributed by atoms with Gasteiger partial charge < -0.3 is 0 Å². The van der Waals surface area contributed by atoms with Crippen LogP contribution in [0.5, 0.6) is 0 Å². The minimum Gasteiger partial charge on any atom is -0.200 e. The van der Waals surface area contributed by atoms with E-state index in [4.69, 9.17) is 0 Å². The quantitative estimate of drug-likeness (QED) is 0.0769. The summed E-state index contributed by atoms with van der Waals surface area (Å²) in [5.41, 5.74) is 0. The molecule has 67 heavy (non-hydrogen) atoms. The molecule has 0 spiro atoms. The van der Waals surface area contributed by atoms with Gasteiger partial charge >= 0.3 is 119 Å². The Morgan fingerprint density at radius 3 is 0.418 bits per heavy atom. The average molecular weight is 1130 g/mol. The molecule has 0 saturated heterocycles. The van der Waals surface area contributed by atoms with Gasteiger partial charge in [-0.25, -0.2) is 0 Å². The monoisotopic (exact) mass is 1130 g/mol. The van der Waals surface area contributed by atoms with Crippen molar-refractivity contribution in [3.63, 3.8) is 0 Å². The molecule has 0 heterocycles. The third-order valence-electron chi connectivity index (χ3n) is 8.27. The maximum absolute atomic E-state index is 14.0. The standard InChI is InChI=1S/C24H8F42S/c25-5(26,7(29,30)9(33,34)11(37,38)13(41,42)15(45,46)17(49,50)19(53,54)21(57,58)23(61,62)63)1-3-67-4-2-6(27,28)8(31,32)10(35,36)12(39,40)14(43,44)16(47,48)18(51,52)20(55,56)22(59,60)24(64,65)66/h1-4H2. The molecular formula is C24H8F42S. The van der Waals surface area contributed by atoms with Crippen LogP contribution in [0.15, 0.2) is 0 Å². The fraction of sp³-hybridized carbons (Fsp3) is 1.00. The minimum absolute atomic E-state index is 1.50. The van der Waals surface area contributed by atoms with Crippen LogP contribution in [-0.2, 0) is 0 Å². The molecule has 0 fully saturated rings. The van der Waals surface area contributed by atoms with Crippen LogP contribution in [0.25, 0.3) is 0 Å². The lowest BCUT2D eigenvalue weighted by Crippen LogP contribution is -2.76. The highest BCUT2D eigenvalue weighted by atomic mass is 32.2. The smallest absolute Gasteiger partial charge is 0.200 e. The first-order valence-corrected chi connectivity index (χ1v) is 15.9. The predicted octanol–water partition coefficient (Wildman–Crippen LogP) is 15.1. The average Bonchev–Trinajstić information content (AvgIpc) is 3.08. The zero-order valence-electron chi connectivity index (χ0n) is 29.1. The molecule has 0 aromatic heterocycles. The van der Waals surface area contributed by atoms with Crippen molar-refractivity contribution in [1.29, 1.82) is 0 Å². The number of hydrogen-bond acceptors (Lipinski definition) is 1. The largest absolute Gasteiger partial charge is 0.460 e. The molecule has 404 valence electrons. The van der Waals surface area contributed by atoms with E-state index in [1.165, 1.54) is 0 Å². The summed E-state index contributed by atoms with van der Waals surface area (Å²) in [7, 11) is 0. The van der Waals surface area contributed by atoms with Crippen molar-refractivity contribution >= 4 is 11.8 Å². The van der Waals surface area contributed by atoms with Crippen LogP contribution in [0, 0.1) is 0 Å². The Balaban J connectivity index is 6.71. The maximum Gasteiger partial charge on any atom is 0.460 e. The van der Waals surface area contributed by atoms with Crippen molar-refractivity contribution in [1.82, 2.24) is 0 Å². The van der Waals surface area contributed by atoms with Gasteiger partial charge in [-0.3, -0.25) is 0 Å². The van der Waals surface area contributed by atoms with E-state index < -0.39 is 155 Å². The maximum atomic E-state index is 14.0. The van der Waals surface area contributed by atoms with Crippen molar-refractivity contribution in [2.45, 2.75) is 132 Å². The summed E-state index contributed by atoms with van der Waals surface area (Å²) < 4.78 is 564. The highest BCUT2D eigenvalue weighted by Crippen LogP contribution is 2.69. The molecule has 0 aromatic rings. The Kier molecular flexibility index (Phi) is 15.8. The molecule has 0 rings (SSSR count). The second-order valence-corrected chi connectivity index (χ2v) is 13.9. The van der Waals surface area contributed by atoms with Crippen LogP contribution in [0.1, 0.15) is 12.8 Å². The number of rotatable bonds is 22. The second kappa shape index (κ2) is 16.5. The van der Waals surface area contributed by atoms with Gasteiger partial charge in [-0.2, -0.15) is 196 Å². The fourth-order valence-electron chi connectivity index (χ4n) is 4.00. The van der Waals surface area contributed by atoms with Crippen LogP contribution in [-0.4, -0.2) is 130 Å². The molecule has 0 aliphatic carbocycles. The highest BCUT2D eigenvalue weighted by Gasteiger charge is 3.00. The van der Waals surface area contributed by atoms with E-state index in [1.807, 2.05) is 0 Å². The van der Waals surface area contributed by atoms with Gasteiger partial charge in [0.25, 0.3) is 0 Å². The third-order valence-corrected chi connectivity index (χ3v) is 9.26. The first-order valence-electron chi connectivity index (χ1n) is 14.7. The van der Waals surface area contributed by atoms with E-state index in [2.05, 4.69) is 0 Å². The summed E-state index contributed by atoms with van der Waals surface area (Å²) in [4.78, 5) is 0. The van der Waals surface area contributed by atoms with Gasteiger partial charge in [0.15, 0.2) is 0 Å². The molecule has 0 saturated carbocycles. The molecule has 0 radical (unpaired) electrons. The number of halogens is 42. The van der Waals surface area contributed by atoms with Crippen molar-refractivity contribution in [3.05, 3.63) is 0 Å². The normalized spacial score (nSPS) is 17.1. The Hall–Kier alpha value is -2.59.